The van der Waals surface area contributed by atoms with Crippen molar-refractivity contribution in [2.45, 2.75) is 50.0 Å². The standard InChI is InChI=1S/C15H20O3/c1-14(18,13(16)17)11-15(9-5-6-10-15)12-7-3-2-4-8-12/h2-4,7-8,18H,5-6,9-11H2,1H3,(H,16,17). The van der Waals surface area contributed by atoms with Crippen LogP contribution in [0, 0.1) is 0 Å². The molecule has 2 N–H and O–H groups in total. The van der Waals surface area contributed by atoms with Gasteiger partial charge in [-0.3, -0.25) is 0 Å². The van der Waals surface area contributed by atoms with Crippen LogP contribution in [0.25, 0.3) is 0 Å². The summed E-state index contributed by atoms with van der Waals surface area (Å²) in [5, 5.41) is 19.2. The van der Waals surface area contributed by atoms with Gasteiger partial charge in [0.15, 0.2) is 5.60 Å². The molecule has 0 bridgehead atoms. The SMILES string of the molecule is CC(O)(CC1(c2ccccc2)CCCC1)C(=O)O. The average Bonchev–Trinajstić information content (AvgIpc) is 2.79. The fourth-order valence-corrected chi connectivity index (χ4v) is 3.15. The van der Waals surface area contributed by atoms with Gasteiger partial charge < -0.3 is 10.2 Å². The molecule has 0 aromatic heterocycles. The predicted octanol–water partition coefficient (Wildman–Crippen LogP) is 2.72. The lowest BCUT2D eigenvalue weighted by molar-refractivity contribution is -0.158. The molecule has 2 rings (SSSR count). The Morgan fingerprint density at radius 1 is 1.28 bits per heavy atom. The molecule has 0 heterocycles. The number of hydrogen-bond acceptors (Lipinski definition) is 2. The molecule has 1 aromatic carbocycles. The van der Waals surface area contributed by atoms with Crippen molar-refractivity contribution in [3.05, 3.63) is 35.9 Å². The van der Waals surface area contributed by atoms with Crippen LogP contribution in [0.2, 0.25) is 0 Å². The molecule has 3 heteroatoms. The van der Waals surface area contributed by atoms with E-state index in [1.54, 1.807) is 0 Å². The molecule has 1 aliphatic rings. The molecule has 3 nitrogen and oxygen atoms in total. The molecule has 0 spiro atoms. The van der Waals surface area contributed by atoms with E-state index < -0.39 is 11.6 Å². The van der Waals surface area contributed by atoms with E-state index in [0.717, 1.165) is 31.2 Å². The van der Waals surface area contributed by atoms with Crippen LogP contribution in [0.4, 0.5) is 0 Å². The molecule has 1 saturated carbocycles. The summed E-state index contributed by atoms with van der Waals surface area (Å²) < 4.78 is 0. The van der Waals surface area contributed by atoms with Gasteiger partial charge in [-0.15, -0.1) is 0 Å². The maximum absolute atomic E-state index is 11.1. The Hall–Kier alpha value is -1.35. The van der Waals surface area contributed by atoms with Crippen molar-refractivity contribution in [1.82, 2.24) is 0 Å². The monoisotopic (exact) mass is 248 g/mol. The smallest absolute Gasteiger partial charge is 0.335 e. The summed E-state index contributed by atoms with van der Waals surface area (Å²) in [6.45, 7) is 1.40. The number of rotatable bonds is 4. The van der Waals surface area contributed by atoms with Gasteiger partial charge in [0, 0.05) is 0 Å². The van der Waals surface area contributed by atoms with Crippen LogP contribution < -0.4 is 0 Å². The number of carboxylic acids is 1. The third-order valence-corrected chi connectivity index (χ3v) is 4.09. The zero-order chi connectivity index (χ0) is 13.2. The van der Waals surface area contributed by atoms with Crippen LogP contribution >= 0.6 is 0 Å². The Kier molecular flexibility index (Phi) is 3.44. The Labute approximate surface area is 107 Å². The Balaban J connectivity index is 2.32. The molecular weight excluding hydrogens is 228 g/mol. The van der Waals surface area contributed by atoms with Gasteiger partial charge in [0.25, 0.3) is 0 Å². The van der Waals surface area contributed by atoms with E-state index in [4.69, 9.17) is 5.11 Å². The summed E-state index contributed by atoms with van der Waals surface area (Å²) in [6, 6.07) is 10.0. The summed E-state index contributed by atoms with van der Waals surface area (Å²) in [4.78, 5) is 11.1. The Bertz CT molecular complexity index is 417. The van der Waals surface area contributed by atoms with Gasteiger partial charge in [0.2, 0.25) is 0 Å². The molecule has 1 aliphatic carbocycles. The maximum Gasteiger partial charge on any atom is 0.335 e. The van der Waals surface area contributed by atoms with E-state index in [0.29, 0.717) is 6.42 Å². The minimum absolute atomic E-state index is 0.177. The zero-order valence-electron chi connectivity index (χ0n) is 10.7. The Morgan fingerprint density at radius 3 is 2.33 bits per heavy atom. The number of benzene rings is 1. The van der Waals surface area contributed by atoms with Crippen LogP contribution in [0.15, 0.2) is 30.3 Å². The largest absolute Gasteiger partial charge is 0.479 e. The molecule has 0 radical (unpaired) electrons. The third-order valence-electron chi connectivity index (χ3n) is 4.09. The first kappa shape index (κ1) is 13.1. The van der Waals surface area contributed by atoms with Crippen molar-refractivity contribution in [2.75, 3.05) is 0 Å². The normalized spacial score (nSPS) is 21.4. The molecule has 0 aliphatic heterocycles. The van der Waals surface area contributed by atoms with E-state index in [-0.39, 0.29) is 5.41 Å². The van der Waals surface area contributed by atoms with E-state index in [2.05, 4.69) is 0 Å². The summed E-state index contributed by atoms with van der Waals surface area (Å²) in [6.07, 6.45) is 4.41. The molecule has 18 heavy (non-hydrogen) atoms. The molecular formula is C15H20O3. The molecule has 1 fully saturated rings. The van der Waals surface area contributed by atoms with E-state index >= 15 is 0 Å². The Morgan fingerprint density at radius 2 is 1.83 bits per heavy atom. The lowest BCUT2D eigenvalue weighted by Gasteiger charge is -2.35. The van der Waals surface area contributed by atoms with Gasteiger partial charge in [-0.25, -0.2) is 4.79 Å². The van der Waals surface area contributed by atoms with Crippen molar-refractivity contribution in [2.24, 2.45) is 0 Å². The van der Waals surface area contributed by atoms with Crippen molar-refractivity contribution >= 4 is 5.97 Å². The second-order valence-corrected chi connectivity index (χ2v) is 5.61. The van der Waals surface area contributed by atoms with Gasteiger partial charge in [0.05, 0.1) is 0 Å². The van der Waals surface area contributed by atoms with Gasteiger partial charge in [-0.05, 0) is 37.2 Å². The summed E-state index contributed by atoms with van der Waals surface area (Å²) in [5.74, 6) is -1.13. The van der Waals surface area contributed by atoms with Crippen molar-refractivity contribution in [1.29, 1.82) is 0 Å². The molecule has 1 atom stereocenters. The number of aliphatic hydroxyl groups is 1. The fraction of sp³-hybridized carbons (Fsp3) is 0.533. The van der Waals surface area contributed by atoms with Gasteiger partial charge in [-0.2, -0.15) is 0 Å². The second-order valence-electron chi connectivity index (χ2n) is 5.61. The van der Waals surface area contributed by atoms with Crippen LogP contribution in [0.1, 0.15) is 44.6 Å². The first-order valence-electron chi connectivity index (χ1n) is 6.48. The lowest BCUT2D eigenvalue weighted by Crippen LogP contribution is -2.42. The zero-order valence-corrected chi connectivity index (χ0v) is 10.7. The highest BCUT2D eigenvalue weighted by atomic mass is 16.4. The van der Waals surface area contributed by atoms with E-state index in [1.165, 1.54) is 6.92 Å². The highest BCUT2D eigenvalue weighted by Crippen LogP contribution is 2.46. The molecule has 1 unspecified atom stereocenters. The maximum atomic E-state index is 11.1. The second kappa shape index (κ2) is 4.73. The number of carboxylic acid groups (broad SMARTS) is 1. The molecule has 1 aromatic rings. The summed E-state index contributed by atoms with van der Waals surface area (Å²) in [7, 11) is 0. The minimum Gasteiger partial charge on any atom is -0.479 e. The highest BCUT2D eigenvalue weighted by molar-refractivity contribution is 5.76. The highest BCUT2D eigenvalue weighted by Gasteiger charge is 2.44. The van der Waals surface area contributed by atoms with Crippen molar-refractivity contribution in [3.8, 4) is 0 Å². The van der Waals surface area contributed by atoms with Gasteiger partial charge >= 0.3 is 5.97 Å². The topological polar surface area (TPSA) is 57.5 Å². The quantitative estimate of drug-likeness (QED) is 0.861. The molecule has 0 saturated heterocycles. The molecule has 98 valence electrons. The van der Waals surface area contributed by atoms with E-state index in [1.807, 2.05) is 30.3 Å². The number of hydrogen-bond donors (Lipinski definition) is 2. The fourth-order valence-electron chi connectivity index (χ4n) is 3.15. The summed E-state index contributed by atoms with van der Waals surface area (Å²) in [5.41, 5.74) is -0.674. The van der Waals surface area contributed by atoms with Crippen molar-refractivity contribution < 1.29 is 15.0 Å². The van der Waals surface area contributed by atoms with Crippen LogP contribution in [-0.2, 0) is 10.2 Å². The first-order chi connectivity index (χ1) is 8.46. The summed E-state index contributed by atoms with van der Waals surface area (Å²) >= 11 is 0. The average molecular weight is 248 g/mol. The van der Waals surface area contributed by atoms with Crippen LogP contribution in [0.3, 0.4) is 0 Å². The van der Waals surface area contributed by atoms with Gasteiger partial charge in [-0.1, -0.05) is 43.2 Å². The molecule has 0 amide bonds. The number of aliphatic carboxylic acids is 1. The number of carbonyl (C=O) groups is 1. The third kappa shape index (κ3) is 2.41. The van der Waals surface area contributed by atoms with Crippen LogP contribution in [0.5, 0.6) is 0 Å². The van der Waals surface area contributed by atoms with Crippen LogP contribution in [-0.4, -0.2) is 21.8 Å². The first-order valence-corrected chi connectivity index (χ1v) is 6.48. The van der Waals surface area contributed by atoms with Crippen molar-refractivity contribution in [3.63, 3.8) is 0 Å². The lowest BCUT2D eigenvalue weighted by atomic mass is 9.71. The van der Waals surface area contributed by atoms with E-state index in [9.17, 15) is 9.90 Å². The minimum atomic E-state index is -1.65. The van der Waals surface area contributed by atoms with Gasteiger partial charge in [0.1, 0.15) is 0 Å². The predicted molar refractivity (Wildman–Crippen MR) is 69.5 cm³/mol.